The second-order valence-corrected chi connectivity index (χ2v) is 5.39. The summed E-state index contributed by atoms with van der Waals surface area (Å²) >= 11 is 0. The Morgan fingerprint density at radius 3 is 3.20 bits per heavy atom. The van der Waals surface area contributed by atoms with E-state index in [-0.39, 0.29) is 12.5 Å². The van der Waals surface area contributed by atoms with E-state index in [2.05, 4.69) is 17.6 Å². The van der Waals surface area contributed by atoms with Gasteiger partial charge in [0.05, 0.1) is 11.8 Å². The number of rotatable bonds is 4. The summed E-state index contributed by atoms with van der Waals surface area (Å²) < 4.78 is 11.0. The summed E-state index contributed by atoms with van der Waals surface area (Å²) in [6.07, 6.45) is 2.59. The first-order valence-corrected chi connectivity index (χ1v) is 7.13. The number of hydrogen-bond acceptors (Lipinski definition) is 4. The average Bonchev–Trinajstić information content (AvgIpc) is 2.98. The highest BCUT2D eigenvalue weighted by Crippen LogP contribution is 2.28. The number of carbonyl (C=O) groups excluding carboxylic acids is 1. The third kappa shape index (κ3) is 2.94. The van der Waals surface area contributed by atoms with Crippen molar-refractivity contribution in [2.45, 2.75) is 38.5 Å². The molecule has 1 fully saturated rings. The molecule has 0 radical (unpaired) electrons. The number of anilines is 1. The lowest BCUT2D eigenvalue weighted by molar-refractivity contribution is -0.118. The Hall–Kier alpha value is -1.59. The molecule has 1 amide bonds. The second kappa shape index (κ2) is 5.81. The van der Waals surface area contributed by atoms with Crippen molar-refractivity contribution >= 4 is 11.6 Å². The van der Waals surface area contributed by atoms with Crippen LogP contribution < -0.4 is 15.4 Å². The van der Waals surface area contributed by atoms with Gasteiger partial charge in [0, 0.05) is 19.2 Å². The van der Waals surface area contributed by atoms with Crippen LogP contribution in [-0.4, -0.2) is 31.3 Å². The van der Waals surface area contributed by atoms with Crippen LogP contribution >= 0.6 is 0 Å². The first-order chi connectivity index (χ1) is 9.72. The van der Waals surface area contributed by atoms with Gasteiger partial charge in [0.25, 0.3) is 5.91 Å². The molecule has 108 valence electrons. The molecule has 2 aliphatic heterocycles. The molecule has 0 saturated carbocycles. The molecule has 2 N–H and O–H groups in total. The van der Waals surface area contributed by atoms with Crippen LogP contribution in [0, 0.1) is 0 Å². The van der Waals surface area contributed by atoms with Crippen LogP contribution in [0.5, 0.6) is 5.75 Å². The quantitative estimate of drug-likeness (QED) is 0.878. The maximum absolute atomic E-state index is 11.3. The zero-order chi connectivity index (χ0) is 13.9. The van der Waals surface area contributed by atoms with Gasteiger partial charge in [-0.1, -0.05) is 6.07 Å². The predicted octanol–water partition coefficient (Wildman–Crippen LogP) is 1.67. The fourth-order valence-electron chi connectivity index (χ4n) is 2.65. The number of hydrogen-bond donors (Lipinski definition) is 2. The number of fused-ring (bicyclic) bond motifs is 1. The highest BCUT2D eigenvalue weighted by atomic mass is 16.5. The van der Waals surface area contributed by atoms with Crippen molar-refractivity contribution in [1.29, 1.82) is 0 Å². The lowest BCUT2D eigenvalue weighted by Crippen LogP contribution is -2.36. The summed E-state index contributed by atoms with van der Waals surface area (Å²) in [5.41, 5.74) is 1.88. The molecule has 2 heterocycles. The summed E-state index contributed by atoms with van der Waals surface area (Å²) in [5.74, 6) is 0.635. The lowest BCUT2D eigenvalue weighted by atomic mass is 10.1. The molecule has 2 unspecified atom stereocenters. The van der Waals surface area contributed by atoms with Gasteiger partial charge in [-0.15, -0.1) is 0 Å². The third-order valence-electron chi connectivity index (χ3n) is 3.83. The van der Waals surface area contributed by atoms with E-state index in [0.29, 0.717) is 12.1 Å². The molecule has 20 heavy (non-hydrogen) atoms. The zero-order valence-electron chi connectivity index (χ0n) is 11.6. The highest BCUT2D eigenvalue weighted by Gasteiger charge is 2.22. The van der Waals surface area contributed by atoms with Crippen molar-refractivity contribution in [1.82, 2.24) is 5.32 Å². The maximum Gasteiger partial charge on any atom is 0.262 e. The SMILES string of the molecule is CC(NCc1ccc2c(c1)NC(=O)CO2)C1CCCO1. The van der Waals surface area contributed by atoms with Crippen molar-refractivity contribution in [3.63, 3.8) is 0 Å². The fraction of sp³-hybridized carbons (Fsp3) is 0.533. The topological polar surface area (TPSA) is 59.6 Å². The van der Waals surface area contributed by atoms with Gasteiger partial charge in [-0.05, 0) is 37.5 Å². The molecular weight excluding hydrogens is 256 g/mol. The molecule has 3 rings (SSSR count). The van der Waals surface area contributed by atoms with Crippen molar-refractivity contribution in [3.05, 3.63) is 23.8 Å². The van der Waals surface area contributed by atoms with Gasteiger partial charge in [-0.2, -0.15) is 0 Å². The molecular formula is C15H20N2O3. The zero-order valence-corrected chi connectivity index (χ0v) is 11.6. The van der Waals surface area contributed by atoms with Gasteiger partial charge >= 0.3 is 0 Å². The summed E-state index contributed by atoms with van der Waals surface area (Å²) in [6, 6.07) is 6.22. The maximum atomic E-state index is 11.3. The van der Waals surface area contributed by atoms with Crippen LogP contribution in [-0.2, 0) is 16.1 Å². The van der Waals surface area contributed by atoms with E-state index in [1.54, 1.807) is 0 Å². The smallest absolute Gasteiger partial charge is 0.262 e. The Kier molecular flexibility index (Phi) is 3.89. The summed E-state index contributed by atoms with van der Waals surface area (Å²) in [5, 5.41) is 6.31. The first kappa shape index (κ1) is 13.4. The van der Waals surface area contributed by atoms with Gasteiger partial charge in [0.2, 0.25) is 0 Å². The summed E-state index contributed by atoms with van der Waals surface area (Å²) in [4.78, 5) is 11.3. The van der Waals surface area contributed by atoms with E-state index in [1.165, 1.54) is 0 Å². The van der Waals surface area contributed by atoms with Crippen molar-refractivity contribution in [2.24, 2.45) is 0 Å². The van der Waals surface area contributed by atoms with Crippen molar-refractivity contribution in [3.8, 4) is 5.75 Å². The minimum atomic E-state index is -0.102. The van der Waals surface area contributed by atoms with Gasteiger partial charge in [0.15, 0.2) is 6.61 Å². The van der Waals surface area contributed by atoms with E-state index < -0.39 is 0 Å². The molecule has 0 bridgehead atoms. The van der Waals surface area contributed by atoms with E-state index in [1.807, 2.05) is 18.2 Å². The molecule has 0 aliphatic carbocycles. The molecule has 0 spiro atoms. The van der Waals surface area contributed by atoms with Gasteiger partial charge in [-0.25, -0.2) is 0 Å². The van der Waals surface area contributed by atoms with E-state index in [4.69, 9.17) is 9.47 Å². The summed E-state index contributed by atoms with van der Waals surface area (Å²) in [6.45, 7) is 3.88. The van der Waals surface area contributed by atoms with Crippen LogP contribution in [0.25, 0.3) is 0 Å². The largest absolute Gasteiger partial charge is 0.482 e. The molecule has 2 atom stereocenters. The van der Waals surface area contributed by atoms with Crippen molar-refractivity contribution in [2.75, 3.05) is 18.5 Å². The van der Waals surface area contributed by atoms with Crippen LogP contribution in [0.3, 0.4) is 0 Å². The first-order valence-electron chi connectivity index (χ1n) is 7.13. The molecule has 0 aromatic heterocycles. The number of amides is 1. The molecule has 5 nitrogen and oxygen atoms in total. The van der Waals surface area contributed by atoms with Gasteiger partial charge in [0.1, 0.15) is 5.75 Å². The standard InChI is InChI=1S/C15H20N2O3/c1-10(13-3-2-6-19-13)16-8-11-4-5-14-12(7-11)17-15(18)9-20-14/h4-5,7,10,13,16H,2-3,6,8-9H2,1H3,(H,17,18). The summed E-state index contributed by atoms with van der Waals surface area (Å²) in [7, 11) is 0. The molecule has 2 aliphatic rings. The number of benzene rings is 1. The molecule has 1 aromatic carbocycles. The average molecular weight is 276 g/mol. The van der Waals surface area contributed by atoms with Crippen LogP contribution in [0.2, 0.25) is 0 Å². The van der Waals surface area contributed by atoms with Crippen LogP contribution in [0.1, 0.15) is 25.3 Å². The Bertz CT molecular complexity index is 498. The molecule has 1 saturated heterocycles. The van der Waals surface area contributed by atoms with Crippen LogP contribution in [0.15, 0.2) is 18.2 Å². The van der Waals surface area contributed by atoms with Gasteiger partial charge < -0.3 is 20.1 Å². The van der Waals surface area contributed by atoms with E-state index in [0.717, 1.165) is 43.0 Å². The molecule has 1 aromatic rings. The van der Waals surface area contributed by atoms with Gasteiger partial charge in [-0.3, -0.25) is 4.79 Å². The third-order valence-corrected chi connectivity index (χ3v) is 3.83. The Morgan fingerprint density at radius 1 is 1.50 bits per heavy atom. The number of carbonyl (C=O) groups is 1. The van der Waals surface area contributed by atoms with Crippen LogP contribution in [0.4, 0.5) is 5.69 Å². The van der Waals surface area contributed by atoms with E-state index in [9.17, 15) is 4.79 Å². The minimum absolute atomic E-state index is 0.0979. The predicted molar refractivity (Wildman–Crippen MR) is 75.8 cm³/mol. The Balaban J connectivity index is 1.60. The van der Waals surface area contributed by atoms with E-state index >= 15 is 0 Å². The highest BCUT2D eigenvalue weighted by molar-refractivity contribution is 5.95. The fourth-order valence-corrected chi connectivity index (χ4v) is 2.65. The monoisotopic (exact) mass is 276 g/mol. The molecule has 5 heteroatoms. The Morgan fingerprint density at radius 2 is 2.40 bits per heavy atom. The second-order valence-electron chi connectivity index (χ2n) is 5.39. The van der Waals surface area contributed by atoms with Crippen molar-refractivity contribution < 1.29 is 14.3 Å². The Labute approximate surface area is 118 Å². The minimum Gasteiger partial charge on any atom is -0.482 e. The normalized spacial score (nSPS) is 22.9. The number of ether oxygens (including phenoxy) is 2. The number of nitrogens with one attached hydrogen (secondary N) is 2. The lowest BCUT2D eigenvalue weighted by Gasteiger charge is -2.21.